The van der Waals surface area contributed by atoms with Crippen LogP contribution in [-0.2, 0) is 0 Å². The zero-order chi connectivity index (χ0) is 10.4. The second-order valence-electron chi connectivity index (χ2n) is 3.32. The molecule has 0 atom stereocenters. The number of carbonyl (C=O) groups excluding carboxylic acids is 1. The van der Waals surface area contributed by atoms with Gasteiger partial charge in [0, 0.05) is 25.5 Å². The highest BCUT2D eigenvalue weighted by Crippen LogP contribution is 1.95. The Labute approximate surface area is 84.1 Å². The molecule has 1 aliphatic heterocycles. The second-order valence-corrected chi connectivity index (χ2v) is 3.32. The molecule has 0 fully saturated rings. The first-order valence-corrected chi connectivity index (χ1v) is 4.56. The molecule has 0 radical (unpaired) electrons. The topological polar surface area (TPSA) is 47.9 Å². The highest BCUT2D eigenvalue weighted by Gasteiger charge is 2.09. The Morgan fingerprint density at radius 1 is 1.64 bits per heavy atom. The van der Waals surface area contributed by atoms with Crippen LogP contribution in [0.5, 0.6) is 0 Å². The molecule has 1 rings (SSSR count). The Hall–Kier alpha value is -1.36. The molecule has 1 heterocycles. The molecular formula is C9H16N4O. The number of amides is 2. The summed E-state index contributed by atoms with van der Waals surface area (Å²) in [4.78, 5) is 19.0. The summed E-state index contributed by atoms with van der Waals surface area (Å²) in [5.41, 5.74) is 0. The number of rotatable bonds is 3. The van der Waals surface area contributed by atoms with E-state index in [1.165, 1.54) is 4.90 Å². The average Bonchev–Trinajstić information content (AvgIpc) is 2.18. The lowest BCUT2D eigenvalue weighted by Crippen LogP contribution is -2.40. The largest absolute Gasteiger partial charge is 0.336 e. The van der Waals surface area contributed by atoms with Crippen LogP contribution >= 0.6 is 0 Å². The molecule has 2 amide bonds. The summed E-state index contributed by atoms with van der Waals surface area (Å²) in [5.74, 6) is 0. The van der Waals surface area contributed by atoms with Gasteiger partial charge in [-0.25, -0.2) is 4.79 Å². The van der Waals surface area contributed by atoms with Gasteiger partial charge in [0.1, 0.15) is 6.67 Å². The van der Waals surface area contributed by atoms with Crippen molar-refractivity contribution >= 4 is 12.2 Å². The van der Waals surface area contributed by atoms with Gasteiger partial charge in [-0.1, -0.05) is 0 Å². The van der Waals surface area contributed by atoms with Crippen LogP contribution in [0.1, 0.15) is 0 Å². The van der Waals surface area contributed by atoms with Gasteiger partial charge in [0.25, 0.3) is 0 Å². The first-order chi connectivity index (χ1) is 6.70. The smallest absolute Gasteiger partial charge is 0.323 e. The van der Waals surface area contributed by atoms with Gasteiger partial charge in [0.05, 0.1) is 0 Å². The quantitative estimate of drug-likeness (QED) is 0.696. The fourth-order valence-electron chi connectivity index (χ4n) is 1.01. The van der Waals surface area contributed by atoms with Crippen molar-refractivity contribution in [2.45, 2.75) is 0 Å². The molecule has 1 N–H and O–H groups in total. The number of nitrogens with zero attached hydrogens (tertiary/aromatic N) is 3. The van der Waals surface area contributed by atoms with Crippen LogP contribution in [0.2, 0.25) is 0 Å². The van der Waals surface area contributed by atoms with E-state index in [-0.39, 0.29) is 6.03 Å². The first-order valence-electron chi connectivity index (χ1n) is 4.56. The van der Waals surface area contributed by atoms with Crippen LogP contribution in [0.15, 0.2) is 17.3 Å². The maximum absolute atomic E-state index is 11.5. The summed E-state index contributed by atoms with van der Waals surface area (Å²) in [7, 11) is 3.94. The fraction of sp³-hybridized carbons (Fsp3) is 0.556. The van der Waals surface area contributed by atoms with Gasteiger partial charge in [-0.2, -0.15) is 0 Å². The number of nitrogens with one attached hydrogen (secondary N) is 1. The van der Waals surface area contributed by atoms with Gasteiger partial charge in [0.2, 0.25) is 0 Å². The van der Waals surface area contributed by atoms with Crippen molar-refractivity contribution < 1.29 is 4.79 Å². The van der Waals surface area contributed by atoms with Crippen molar-refractivity contribution in [3.05, 3.63) is 12.3 Å². The van der Waals surface area contributed by atoms with E-state index in [4.69, 9.17) is 0 Å². The minimum atomic E-state index is -0.0973. The zero-order valence-corrected chi connectivity index (χ0v) is 8.60. The number of likely N-dealkylation sites (N-methyl/N-ethyl adjacent to an activating group) is 1. The summed E-state index contributed by atoms with van der Waals surface area (Å²) in [6, 6.07) is -0.0973. The molecule has 0 aromatic rings. The lowest BCUT2D eigenvalue weighted by atomic mass is 10.5. The number of carbonyl (C=O) groups is 1. The Morgan fingerprint density at radius 2 is 2.43 bits per heavy atom. The second kappa shape index (κ2) is 5.39. The minimum absolute atomic E-state index is 0.0973. The number of hydrogen-bond donors (Lipinski definition) is 1. The third-order valence-corrected chi connectivity index (χ3v) is 1.79. The third-order valence-electron chi connectivity index (χ3n) is 1.79. The Bertz CT molecular complexity index is 247. The summed E-state index contributed by atoms with van der Waals surface area (Å²) < 4.78 is 0. The Balaban J connectivity index is 2.21. The minimum Gasteiger partial charge on any atom is -0.336 e. The molecule has 0 saturated heterocycles. The van der Waals surface area contributed by atoms with E-state index in [1.54, 1.807) is 18.5 Å². The molecule has 78 valence electrons. The van der Waals surface area contributed by atoms with E-state index in [0.29, 0.717) is 13.2 Å². The van der Waals surface area contributed by atoms with Gasteiger partial charge >= 0.3 is 6.03 Å². The summed E-state index contributed by atoms with van der Waals surface area (Å²) in [5, 5.41) is 2.80. The Kier molecular flexibility index (Phi) is 4.12. The summed E-state index contributed by atoms with van der Waals surface area (Å²) in [6.45, 7) is 1.90. The highest BCUT2D eigenvalue weighted by molar-refractivity contribution is 5.79. The van der Waals surface area contributed by atoms with Gasteiger partial charge in [-0.05, 0) is 20.2 Å². The van der Waals surface area contributed by atoms with E-state index < -0.39 is 0 Å². The predicted molar refractivity (Wildman–Crippen MR) is 56.3 cm³/mol. The predicted octanol–water partition coefficient (Wildman–Crippen LogP) is 0.115. The molecule has 5 heteroatoms. The molecule has 0 bridgehead atoms. The van der Waals surface area contributed by atoms with Gasteiger partial charge < -0.3 is 10.2 Å². The van der Waals surface area contributed by atoms with E-state index in [2.05, 4.69) is 10.3 Å². The molecule has 5 nitrogen and oxygen atoms in total. The molecule has 0 aromatic carbocycles. The molecule has 14 heavy (non-hydrogen) atoms. The normalized spacial score (nSPS) is 14.9. The molecule has 0 saturated carbocycles. The maximum atomic E-state index is 11.5. The number of hydrogen-bond acceptors (Lipinski definition) is 3. The lowest BCUT2D eigenvalue weighted by Gasteiger charge is -2.19. The van der Waals surface area contributed by atoms with Crippen molar-refractivity contribution in [3.8, 4) is 0 Å². The molecule has 1 aliphatic rings. The zero-order valence-electron chi connectivity index (χ0n) is 8.60. The van der Waals surface area contributed by atoms with Gasteiger partial charge in [0.15, 0.2) is 0 Å². The van der Waals surface area contributed by atoms with Crippen LogP contribution in [0, 0.1) is 0 Å². The van der Waals surface area contributed by atoms with E-state index in [0.717, 1.165) is 6.54 Å². The molecule has 0 spiro atoms. The van der Waals surface area contributed by atoms with E-state index in [1.807, 2.05) is 19.0 Å². The number of urea groups is 1. The molecule has 0 aliphatic carbocycles. The van der Waals surface area contributed by atoms with Crippen LogP contribution in [0.25, 0.3) is 0 Å². The average molecular weight is 196 g/mol. The summed E-state index contributed by atoms with van der Waals surface area (Å²) >= 11 is 0. The van der Waals surface area contributed by atoms with Crippen molar-refractivity contribution in [1.29, 1.82) is 0 Å². The standard InChI is InChI=1S/C9H16N4O/c1-12(2)7-5-11-9(14)13-6-3-4-10-8-13/h3-4,6H,5,7-8H2,1-2H3,(H,11,14). The lowest BCUT2D eigenvalue weighted by molar-refractivity contribution is 0.215. The van der Waals surface area contributed by atoms with Crippen LogP contribution in [0.4, 0.5) is 4.79 Å². The molecular weight excluding hydrogens is 180 g/mol. The van der Waals surface area contributed by atoms with E-state index >= 15 is 0 Å². The number of aliphatic imine (C=N–C) groups is 1. The van der Waals surface area contributed by atoms with E-state index in [9.17, 15) is 4.79 Å². The van der Waals surface area contributed by atoms with Crippen molar-refractivity contribution in [2.75, 3.05) is 33.9 Å². The maximum Gasteiger partial charge on any atom is 0.323 e. The third kappa shape index (κ3) is 3.57. The monoisotopic (exact) mass is 196 g/mol. The van der Waals surface area contributed by atoms with Crippen LogP contribution in [-0.4, -0.2) is 55.9 Å². The first kappa shape index (κ1) is 10.7. The molecule has 0 aromatic heterocycles. The van der Waals surface area contributed by atoms with Crippen molar-refractivity contribution in [1.82, 2.24) is 15.1 Å². The van der Waals surface area contributed by atoms with Crippen LogP contribution < -0.4 is 5.32 Å². The van der Waals surface area contributed by atoms with Gasteiger partial charge in [-0.3, -0.25) is 9.89 Å². The SMILES string of the molecule is CN(C)CCNC(=O)N1C=CC=NC1. The fourth-order valence-corrected chi connectivity index (χ4v) is 1.01. The van der Waals surface area contributed by atoms with Gasteiger partial charge in [-0.15, -0.1) is 0 Å². The molecule has 0 unspecified atom stereocenters. The van der Waals surface area contributed by atoms with Crippen molar-refractivity contribution in [2.24, 2.45) is 4.99 Å². The highest BCUT2D eigenvalue weighted by atomic mass is 16.2. The number of allylic oxidation sites excluding steroid dienone is 1. The van der Waals surface area contributed by atoms with Crippen LogP contribution in [0.3, 0.4) is 0 Å². The summed E-state index contributed by atoms with van der Waals surface area (Å²) in [6.07, 6.45) is 5.15. The van der Waals surface area contributed by atoms with Crippen molar-refractivity contribution in [3.63, 3.8) is 0 Å². The Morgan fingerprint density at radius 3 is 3.00 bits per heavy atom.